The molecule has 0 radical (unpaired) electrons. The van der Waals surface area contributed by atoms with Crippen molar-refractivity contribution in [2.24, 2.45) is 0 Å². The summed E-state index contributed by atoms with van der Waals surface area (Å²) >= 11 is 0. The standard InChI is InChI=1S/C21H27N3O3/c25-20-14-13-19(21(26)22-17-9-5-2-1-3-6-10-17)23-24(20)15-16-27-18-11-7-4-8-12-18/h4,7-8,11-14,17H,1-3,5-6,9-10,15-16H2,(H,22,26). The van der Waals surface area contributed by atoms with Gasteiger partial charge in [-0.3, -0.25) is 9.59 Å². The minimum atomic E-state index is -0.242. The van der Waals surface area contributed by atoms with Crippen molar-refractivity contribution in [2.75, 3.05) is 6.61 Å². The van der Waals surface area contributed by atoms with Crippen molar-refractivity contribution in [3.05, 3.63) is 58.5 Å². The van der Waals surface area contributed by atoms with Gasteiger partial charge in [0.05, 0.1) is 6.54 Å². The number of carbonyl (C=O) groups excluding carboxylic acids is 1. The van der Waals surface area contributed by atoms with Crippen molar-refractivity contribution in [1.29, 1.82) is 0 Å². The zero-order valence-corrected chi connectivity index (χ0v) is 15.6. The number of hydrogen-bond donors (Lipinski definition) is 1. The Bertz CT molecular complexity index is 781. The molecule has 0 aliphatic heterocycles. The second kappa shape index (κ2) is 9.90. The van der Waals surface area contributed by atoms with Gasteiger partial charge in [0.1, 0.15) is 18.1 Å². The van der Waals surface area contributed by atoms with Crippen molar-refractivity contribution in [3.8, 4) is 5.75 Å². The predicted molar refractivity (Wildman–Crippen MR) is 104 cm³/mol. The lowest BCUT2D eigenvalue weighted by molar-refractivity contribution is 0.0922. The van der Waals surface area contributed by atoms with Crippen molar-refractivity contribution in [3.63, 3.8) is 0 Å². The SMILES string of the molecule is O=C(NC1CCCCCCC1)c1ccc(=O)n(CCOc2ccccc2)n1. The van der Waals surface area contributed by atoms with Gasteiger partial charge >= 0.3 is 0 Å². The number of carbonyl (C=O) groups is 1. The molecule has 1 saturated carbocycles. The summed E-state index contributed by atoms with van der Waals surface area (Å²) in [6.07, 6.45) is 8.07. The molecule has 1 aromatic heterocycles. The number of rotatable bonds is 6. The molecule has 0 bridgehead atoms. The van der Waals surface area contributed by atoms with Gasteiger partial charge in [-0.15, -0.1) is 0 Å². The molecule has 1 N–H and O–H groups in total. The molecule has 1 heterocycles. The van der Waals surface area contributed by atoms with Crippen LogP contribution >= 0.6 is 0 Å². The molecule has 144 valence electrons. The Morgan fingerprint density at radius 3 is 2.48 bits per heavy atom. The highest BCUT2D eigenvalue weighted by Gasteiger charge is 2.16. The van der Waals surface area contributed by atoms with E-state index in [0.717, 1.165) is 31.4 Å². The van der Waals surface area contributed by atoms with E-state index in [2.05, 4.69) is 10.4 Å². The fraction of sp³-hybridized carbons (Fsp3) is 0.476. The zero-order chi connectivity index (χ0) is 18.9. The molecule has 0 spiro atoms. The van der Waals surface area contributed by atoms with Crippen molar-refractivity contribution in [1.82, 2.24) is 15.1 Å². The Labute approximate surface area is 159 Å². The second-order valence-corrected chi connectivity index (χ2v) is 6.96. The monoisotopic (exact) mass is 369 g/mol. The van der Waals surface area contributed by atoms with Crippen LogP contribution in [0.3, 0.4) is 0 Å². The molecule has 6 heteroatoms. The first-order chi connectivity index (χ1) is 13.2. The topological polar surface area (TPSA) is 73.2 Å². The van der Waals surface area contributed by atoms with Crippen LogP contribution in [0.1, 0.15) is 55.4 Å². The summed E-state index contributed by atoms with van der Waals surface area (Å²) in [4.78, 5) is 24.6. The van der Waals surface area contributed by atoms with Gasteiger partial charge in [-0.05, 0) is 31.0 Å². The quantitative estimate of drug-likeness (QED) is 0.849. The Balaban J connectivity index is 1.58. The molecular weight excluding hydrogens is 342 g/mol. The maximum Gasteiger partial charge on any atom is 0.271 e. The van der Waals surface area contributed by atoms with E-state index < -0.39 is 0 Å². The average molecular weight is 369 g/mol. The van der Waals surface area contributed by atoms with Gasteiger partial charge in [0.2, 0.25) is 0 Å². The molecule has 0 unspecified atom stereocenters. The minimum Gasteiger partial charge on any atom is -0.492 e. The van der Waals surface area contributed by atoms with Gasteiger partial charge in [0.15, 0.2) is 0 Å². The number of benzene rings is 1. The molecule has 1 fully saturated rings. The molecule has 1 aromatic carbocycles. The lowest BCUT2D eigenvalue weighted by Crippen LogP contribution is -2.37. The number of hydrogen-bond acceptors (Lipinski definition) is 4. The smallest absolute Gasteiger partial charge is 0.271 e. The molecule has 0 saturated heterocycles. The Morgan fingerprint density at radius 1 is 1.04 bits per heavy atom. The third-order valence-corrected chi connectivity index (χ3v) is 4.85. The van der Waals surface area contributed by atoms with E-state index in [4.69, 9.17) is 4.74 Å². The van der Waals surface area contributed by atoms with Crippen LogP contribution in [-0.2, 0) is 6.54 Å². The molecule has 27 heavy (non-hydrogen) atoms. The first kappa shape index (κ1) is 19.1. The summed E-state index contributed by atoms with van der Waals surface area (Å²) in [5.41, 5.74) is 0.0329. The van der Waals surface area contributed by atoms with E-state index >= 15 is 0 Å². The van der Waals surface area contributed by atoms with E-state index in [1.165, 1.54) is 36.1 Å². The number of ether oxygens (including phenoxy) is 1. The molecule has 6 nitrogen and oxygen atoms in total. The Morgan fingerprint density at radius 2 is 1.74 bits per heavy atom. The van der Waals surface area contributed by atoms with Crippen LogP contribution in [0.2, 0.25) is 0 Å². The number of aromatic nitrogens is 2. The van der Waals surface area contributed by atoms with E-state index in [9.17, 15) is 9.59 Å². The first-order valence-electron chi connectivity index (χ1n) is 9.79. The van der Waals surface area contributed by atoms with Gasteiger partial charge in [-0.25, -0.2) is 4.68 Å². The average Bonchev–Trinajstić information content (AvgIpc) is 2.66. The van der Waals surface area contributed by atoms with Crippen molar-refractivity contribution >= 4 is 5.91 Å². The van der Waals surface area contributed by atoms with E-state index in [0.29, 0.717) is 6.61 Å². The summed E-state index contributed by atoms with van der Waals surface area (Å²) in [7, 11) is 0. The fourth-order valence-electron chi connectivity index (χ4n) is 3.36. The Kier molecular flexibility index (Phi) is 7.02. The van der Waals surface area contributed by atoms with Crippen LogP contribution in [0.15, 0.2) is 47.3 Å². The summed E-state index contributed by atoms with van der Waals surface area (Å²) < 4.78 is 6.90. The van der Waals surface area contributed by atoms with Gasteiger partial charge in [-0.1, -0.05) is 50.3 Å². The van der Waals surface area contributed by atoms with E-state index in [-0.39, 0.29) is 29.7 Å². The normalized spacial score (nSPS) is 15.6. The van der Waals surface area contributed by atoms with Crippen molar-refractivity contribution in [2.45, 2.75) is 57.5 Å². The van der Waals surface area contributed by atoms with Crippen LogP contribution in [0.25, 0.3) is 0 Å². The molecule has 2 aromatic rings. The van der Waals surface area contributed by atoms with Crippen molar-refractivity contribution < 1.29 is 9.53 Å². The summed E-state index contributed by atoms with van der Waals surface area (Å²) in [5, 5.41) is 7.31. The van der Waals surface area contributed by atoms with E-state index in [1.54, 1.807) is 0 Å². The fourth-order valence-corrected chi connectivity index (χ4v) is 3.36. The highest BCUT2D eigenvalue weighted by Crippen LogP contribution is 2.17. The van der Waals surface area contributed by atoms with Gasteiger partial charge in [0.25, 0.3) is 11.5 Å². The molecule has 1 aliphatic carbocycles. The number of nitrogens with zero attached hydrogens (tertiary/aromatic N) is 2. The molecule has 1 amide bonds. The van der Waals surface area contributed by atoms with Gasteiger partial charge < -0.3 is 10.1 Å². The highest BCUT2D eigenvalue weighted by atomic mass is 16.5. The Hall–Kier alpha value is -2.63. The van der Waals surface area contributed by atoms with E-state index in [1.807, 2.05) is 30.3 Å². The molecule has 0 atom stereocenters. The first-order valence-corrected chi connectivity index (χ1v) is 9.79. The summed E-state index contributed by atoms with van der Waals surface area (Å²) in [5.74, 6) is 0.530. The molecule has 3 rings (SSSR count). The number of amides is 1. The highest BCUT2D eigenvalue weighted by molar-refractivity contribution is 5.92. The summed E-state index contributed by atoms with van der Waals surface area (Å²) in [6.45, 7) is 0.600. The third-order valence-electron chi connectivity index (χ3n) is 4.85. The predicted octanol–water partition coefficient (Wildman–Crippen LogP) is 3.17. The van der Waals surface area contributed by atoms with Gasteiger partial charge in [0, 0.05) is 12.1 Å². The van der Waals surface area contributed by atoms with Crippen LogP contribution in [0.4, 0.5) is 0 Å². The zero-order valence-electron chi connectivity index (χ0n) is 15.6. The molecular formula is C21H27N3O3. The molecule has 1 aliphatic rings. The van der Waals surface area contributed by atoms with Crippen LogP contribution in [-0.4, -0.2) is 28.3 Å². The summed E-state index contributed by atoms with van der Waals surface area (Å²) in [6, 6.07) is 12.5. The largest absolute Gasteiger partial charge is 0.492 e. The minimum absolute atomic E-state index is 0.196. The second-order valence-electron chi connectivity index (χ2n) is 6.96. The van der Waals surface area contributed by atoms with Crippen LogP contribution < -0.4 is 15.6 Å². The lowest BCUT2D eigenvalue weighted by atomic mass is 9.96. The van der Waals surface area contributed by atoms with Crippen LogP contribution in [0, 0.1) is 0 Å². The lowest BCUT2D eigenvalue weighted by Gasteiger charge is -2.20. The number of para-hydroxylation sites is 1. The van der Waals surface area contributed by atoms with Gasteiger partial charge in [-0.2, -0.15) is 5.10 Å². The number of nitrogens with one attached hydrogen (secondary N) is 1. The van der Waals surface area contributed by atoms with Crippen LogP contribution in [0.5, 0.6) is 5.75 Å². The maximum atomic E-state index is 12.5. The third kappa shape index (κ3) is 5.94. The maximum absolute atomic E-state index is 12.5.